The lowest BCUT2D eigenvalue weighted by atomic mass is 10.2. The SMILES string of the molecule is Cc1ccc2nc(-c3cccs3)c(NCc3ccc(F)cc3)n2c1. The minimum absolute atomic E-state index is 0.219. The molecule has 0 bridgehead atoms. The first kappa shape index (κ1) is 14.9. The van der Waals surface area contributed by atoms with Gasteiger partial charge in [-0.25, -0.2) is 9.37 Å². The van der Waals surface area contributed by atoms with Crippen molar-refractivity contribution >= 4 is 22.8 Å². The summed E-state index contributed by atoms with van der Waals surface area (Å²) in [6.07, 6.45) is 2.08. The molecule has 0 aliphatic carbocycles. The summed E-state index contributed by atoms with van der Waals surface area (Å²) in [5.41, 5.74) is 4.04. The molecule has 24 heavy (non-hydrogen) atoms. The maximum absolute atomic E-state index is 13.1. The highest BCUT2D eigenvalue weighted by atomic mass is 32.1. The number of aromatic nitrogens is 2. The smallest absolute Gasteiger partial charge is 0.139 e. The van der Waals surface area contributed by atoms with Crippen LogP contribution in [0.15, 0.2) is 60.1 Å². The van der Waals surface area contributed by atoms with Gasteiger partial charge in [-0.3, -0.25) is 4.40 Å². The van der Waals surface area contributed by atoms with E-state index in [-0.39, 0.29) is 5.82 Å². The Morgan fingerprint density at radius 3 is 2.71 bits per heavy atom. The second kappa shape index (κ2) is 6.09. The number of aryl methyl sites for hydroxylation is 1. The summed E-state index contributed by atoms with van der Waals surface area (Å²) in [4.78, 5) is 5.90. The third-order valence-corrected chi connectivity index (χ3v) is 4.77. The lowest BCUT2D eigenvalue weighted by molar-refractivity contribution is 0.627. The van der Waals surface area contributed by atoms with Crippen LogP contribution in [0.2, 0.25) is 0 Å². The second-order valence-corrected chi connectivity index (χ2v) is 6.65. The van der Waals surface area contributed by atoms with E-state index in [0.717, 1.165) is 27.6 Å². The highest BCUT2D eigenvalue weighted by molar-refractivity contribution is 7.13. The van der Waals surface area contributed by atoms with Crippen molar-refractivity contribution in [2.75, 3.05) is 5.32 Å². The van der Waals surface area contributed by atoms with Crippen molar-refractivity contribution in [2.45, 2.75) is 13.5 Å². The molecule has 4 aromatic rings. The molecule has 0 radical (unpaired) electrons. The normalized spacial score (nSPS) is 11.1. The van der Waals surface area contributed by atoms with E-state index >= 15 is 0 Å². The van der Waals surface area contributed by atoms with E-state index in [1.54, 1.807) is 23.5 Å². The molecule has 0 amide bonds. The maximum Gasteiger partial charge on any atom is 0.139 e. The topological polar surface area (TPSA) is 29.3 Å². The summed E-state index contributed by atoms with van der Waals surface area (Å²) in [6, 6.07) is 14.7. The molecular weight excluding hydrogens is 321 g/mol. The number of anilines is 1. The molecule has 3 heterocycles. The first-order chi connectivity index (χ1) is 11.7. The van der Waals surface area contributed by atoms with Crippen molar-refractivity contribution in [1.29, 1.82) is 0 Å². The highest BCUT2D eigenvalue weighted by Crippen LogP contribution is 2.32. The van der Waals surface area contributed by atoms with Gasteiger partial charge in [0, 0.05) is 12.7 Å². The zero-order chi connectivity index (χ0) is 16.5. The van der Waals surface area contributed by atoms with Gasteiger partial charge in [0.2, 0.25) is 0 Å². The Labute approximate surface area is 143 Å². The summed E-state index contributed by atoms with van der Waals surface area (Å²) in [6.45, 7) is 2.67. The molecule has 4 rings (SSSR count). The highest BCUT2D eigenvalue weighted by Gasteiger charge is 2.14. The number of halogens is 1. The third-order valence-electron chi connectivity index (χ3n) is 3.89. The summed E-state index contributed by atoms with van der Waals surface area (Å²) < 4.78 is 15.1. The Kier molecular flexibility index (Phi) is 3.78. The first-order valence-electron chi connectivity index (χ1n) is 7.71. The van der Waals surface area contributed by atoms with Gasteiger partial charge in [0.1, 0.15) is 23.0 Å². The predicted molar refractivity (Wildman–Crippen MR) is 97.0 cm³/mol. The minimum Gasteiger partial charge on any atom is -0.365 e. The van der Waals surface area contributed by atoms with Crippen LogP contribution in [0, 0.1) is 12.7 Å². The zero-order valence-corrected chi connectivity index (χ0v) is 14.0. The summed E-state index contributed by atoms with van der Waals surface area (Å²) in [7, 11) is 0. The number of imidazole rings is 1. The number of hydrogen-bond donors (Lipinski definition) is 1. The van der Waals surface area contributed by atoms with Crippen molar-refractivity contribution in [3.63, 3.8) is 0 Å². The zero-order valence-electron chi connectivity index (χ0n) is 13.2. The Bertz CT molecular complexity index is 972. The Balaban J connectivity index is 1.75. The molecule has 0 aliphatic heterocycles. The predicted octanol–water partition coefficient (Wildman–Crippen LogP) is 5.12. The van der Waals surface area contributed by atoms with Crippen molar-refractivity contribution in [3.8, 4) is 10.6 Å². The lowest BCUT2D eigenvalue weighted by Crippen LogP contribution is -2.03. The number of nitrogens with one attached hydrogen (secondary N) is 1. The number of nitrogens with zero attached hydrogens (tertiary/aromatic N) is 2. The van der Waals surface area contributed by atoms with Crippen LogP contribution in [0.5, 0.6) is 0 Å². The van der Waals surface area contributed by atoms with Gasteiger partial charge in [-0.15, -0.1) is 11.3 Å². The van der Waals surface area contributed by atoms with Gasteiger partial charge < -0.3 is 5.32 Å². The molecule has 0 saturated heterocycles. The van der Waals surface area contributed by atoms with E-state index < -0.39 is 0 Å². The van der Waals surface area contributed by atoms with Gasteiger partial charge >= 0.3 is 0 Å². The van der Waals surface area contributed by atoms with Crippen molar-refractivity contribution in [1.82, 2.24) is 9.38 Å². The van der Waals surface area contributed by atoms with Crippen LogP contribution in [0.3, 0.4) is 0 Å². The molecule has 0 unspecified atom stereocenters. The van der Waals surface area contributed by atoms with Crippen LogP contribution in [0.4, 0.5) is 10.2 Å². The maximum atomic E-state index is 13.1. The number of fused-ring (bicyclic) bond motifs is 1. The average molecular weight is 337 g/mol. The van der Waals surface area contributed by atoms with E-state index in [4.69, 9.17) is 4.98 Å². The Morgan fingerprint density at radius 1 is 1.12 bits per heavy atom. The Hall–Kier alpha value is -2.66. The largest absolute Gasteiger partial charge is 0.365 e. The van der Waals surface area contributed by atoms with E-state index in [0.29, 0.717) is 6.54 Å². The van der Waals surface area contributed by atoms with Crippen LogP contribution < -0.4 is 5.32 Å². The Morgan fingerprint density at radius 2 is 1.96 bits per heavy atom. The molecule has 1 N–H and O–H groups in total. The molecule has 0 spiro atoms. The van der Waals surface area contributed by atoms with Gasteiger partial charge in [0.15, 0.2) is 0 Å². The molecular formula is C19H16FN3S. The summed E-state index contributed by atoms with van der Waals surface area (Å²) in [5.74, 6) is 0.740. The summed E-state index contributed by atoms with van der Waals surface area (Å²) in [5, 5.41) is 5.52. The molecule has 0 aliphatic rings. The lowest BCUT2D eigenvalue weighted by Gasteiger charge is -2.09. The monoisotopic (exact) mass is 337 g/mol. The standard InChI is InChI=1S/C19H16FN3S/c1-13-4-9-17-22-18(16-3-2-10-24-16)19(23(17)12-13)21-11-14-5-7-15(20)8-6-14/h2-10,12,21H,11H2,1H3. The third kappa shape index (κ3) is 2.78. The van der Waals surface area contributed by atoms with E-state index in [2.05, 4.69) is 35.0 Å². The van der Waals surface area contributed by atoms with Crippen molar-refractivity contribution in [3.05, 3.63) is 77.1 Å². The quantitative estimate of drug-likeness (QED) is 0.560. The molecule has 3 nitrogen and oxygen atoms in total. The van der Waals surface area contributed by atoms with Crippen molar-refractivity contribution in [2.24, 2.45) is 0 Å². The number of hydrogen-bond acceptors (Lipinski definition) is 3. The van der Waals surface area contributed by atoms with Crippen LogP contribution >= 0.6 is 11.3 Å². The van der Waals surface area contributed by atoms with E-state index in [1.807, 2.05) is 17.5 Å². The fourth-order valence-corrected chi connectivity index (χ4v) is 3.41. The number of pyridine rings is 1. The first-order valence-corrected chi connectivity index (χ1v) is 8.59. The van der Waals surface area contributed by atoms with Crippen LogP contribution in [0.25, 0.3) is 16.2 Å². The van der Waals surface area contributed by atoms with Gasteiger partial charge in [0.05, 0.1) is 4.88 Å². The van der Waals surface area contributed by atoms with Crippen molar-refractivity contribution < 1.29 is 4.39 Å². The molecule has 0 atom stereocenters. The number of benzene rings is 1. The van der Waals surface area contributed by atoms with Crippen LogP contribution in [-0.4, -0.2) is 9.38 Å². The second-order valence-electron chi connectivity index (χ2n) is 5.70. The van der Waals surface area contributed by atoms with E-state index in [9.17, 15) is 4.39 Å². The van der Waals surface area contributed by atoms with Gasteiger partial charge in [0.25, 0.3) is 0 Å². The minimum atomic E-state index is -0.219. The van der Waals surface area contributed by atoms with Gasteiger partial charge in [-0.2, -0.15) is 0 Å². The van der Waals surface area contributed by atoms with E-state index in [1.165, 1.54) is 17.7 Å². The fraction of sp³-hybridized carbons (Fsp3) is 0.105. The van der Waals surface area contributed by atoms with Crippen LogP contribution in [0.1, 0.15) is 11.1 Å². The molecule has 5 heteroatoms. The molecule has 0 saturated carbocycles. The average Bonchev–Trinajstić information content (AvgIpc) is 3.21. The molecule has 120 valence electrons. The number of thiophene rings is 1. The fourth-order valence-electron chi connectivity index (χ4n) is 2.69. The summed E-state index contributed by atoms with van der Waals surface area (Å²) >= 11 is 1.67. The van der Waals surface area contributed by atoms with Gasteiger partial charge in [-0.1, -0.05) is 24.3 Å². The molecule has 0 fully saturated rings. The molecule has 1 aromatic carbocycles. The van der Waals surface area contributed by atoms with Gasteiger partial charge in [-0.05, 0) is 47.7 Å². The number of rotatable bonds is 4. The molecule has 3 aromatic heterocycles. The van der Waals surface area contributed by atoms with Crippen LogP contribution in [-0.2, 0) is 6.54 Å².